The Bertz CT molecular complexity index is 830. The molecule has 0 saturated heterocycles. The maximum absolute atomic E-state index is 10.6. The van der Waals surface area contributed by atoms with Crippen molar-refractivity contribution < 1.29 is 14.7 Å². The fraction of sp³-hybridized carbons (Fsp3) is 0.480. The minimum atomic E-state index is -0.564. The fourth-order valence-corrected chi connectivity index (χ4v) is 3.61. The van der Waals surface area contributed by atoms with E-state index in [0.717, 1.165) is 24.2 Å². The van der Waals surface area contributed by atoms with Crippen molar-refractivity contribution in [1.82, 2.24) is 4.90 Å². The Balaban J connectivity index is 1.62. The largest absolute Gasteiger partial charge is 0.390 e. The van der Waals surface area contributed by atoms with Gasteiger partial charge in [-0.25, -0.2) is 0 Å². The van der Waals surface area contributed by atoms with Gasteiger partial charge in [-0.15, -0.1) is 0 Å². The molecule has 0 aliphatic carbocycles. The number of hydrogen-bond donors (Lipinski definition) is 1. The molecule has 0 aromatic heterocycles. The lowest BCUT2D eigenvalue weighted by Gasteiger charge is -2.28. The first-order valence-electron chi connectivity index (χ1n) is 10.7. The molecular weight excluding hydrogens is 376 g/mol. The lowest BCUT2D eigenvalue weighted by Crippen LogP contribution is -2.40. The predicted octanol–water partition coefficient (Wildman–Crippen LogP) is 4.17. The van der Waals surface area contributed by atoms with Gasteiger partial charge in [0.25, 0.3) is 0 Å². The van der Waals surface area contributed by atoms with Gasteiger partial charge in [0.2, 0.25) is 0 Å². The van der Waals surface area contributed by atoms with Gasteiger partial charge in [0.15, 0.2) is 0 Å². The number of aryl methyl sites for hydroxylation is 1. The highest BCUT2D eigenvalue weighted by molar-refractivity contribution is 6.02. The summed E-state index contributed by atoms with van der Waals surface area (Å²) in [5, 5.41) is 14.9. The number of nitrogens with zero attached hydrogens (tertiary/aromatic N) is 2. The quantitative estimate of drug-likeness (QED) is 0.674. The van der Waals surface area contributed by atoms with E-state index in [9.17, 15) is 5.11 Å². The molecule has 0 radical (unpaired) electrons. The van der Waals surface area contributed by atoms with Gasteiger partial charge in [0.05, 0.1) is 24.0 Å². The van der Waals surface area contributed by atoms with Crippen molar-refractivity contribution in [3.63, 3.8) is 0 Å². The minimum Gasteiger partial charge on any atom is -0.390 e. The van der Waals surface area contributed by atoms with Crippen LogP contribution < -0.4 is 0 Å². The average Bonchev–Trinajstić information content (AvgIpc) is 3.15. The van der Waals surface area contributed by atoms with Crippen LogP contribution in [0.3, 0.4) is 0 Å². The summed E-state index contributed by atoms with van der Waals surface area (Å²) < 4.78 is 5.77. The molecule has 2 aromatic carbocycles. The third kappa shape index (κ3) is 6.94. The summed E-state index contributed by atoms with van der Waals surface area (Å²) in [6, 6.07) is 18.6. The molecule has 0 amide bonds. The molecule has 5 nitrogen and oxygen atoms in total. The van der Waals surface area contributed by atoms with E-state index in [0.29, 0.717) is 19.7 Å². The first-order chi connectivity index (χ1) is 14.3. The lowest BCUT2D eigenvalue weighted by molar-refractivity contribution is -0.0600. The molecule has 1 heterocycles. The molecule has 30 heavy (non-hydrogen) atoms. The summed E-state index contributed by atoms with van der Waals surface area (Å²) in [6.07, 6.45) is 0.176. The zero-order valence-electron chi connectivity index (χ0n) is 18.5. The number of aliphatic hydroxyl groups excluding tert-OH is 1. The second kappa shape index (κ2) is 10.2. The molecule has 0 fully saturated rings. The van der Waals surface area contributed by atoms with Crippen LogP contribution in [0, 0.1) is 6.92 Å². The summed E-state index contributed by atoms with van der Waals surface area (Å²) in [5.74, 6) is 0. The maximum Gasteiger partial charge on any atom is 0.145 e. The Kier molecular flexibility index (Phi) is 7.64. The number of rotatable bonds is 9. The van der Waals surface area contributed by atoms with Crippen LogP contribution in [0.1, 0.15) is 43.9 Å². The normalized spacial score (nSPS) is 17.7. The smallest absolute Gasteiger partial charge is 0.145 e. The van der Waals surface area contributed by atoms with E-state index in [1.54, 1.807) is 0 Å². The Morgan fingerprint density at radius 2 is 1.83 bits per heavy atom. The van der Waals surface area contributed by atoms with Crippen molar-refractivity contribution in [2.45, 2.75) is 58.5 Å². The molecule has 1 N–H and O–H groups in total. The first kappa shape index (κ1) is 22.5. The van der Waals surface area contributed by atoms with Gasteiger partial charge in [0, 0.05) is 31.6 Å². The molecule has 0 unspecified atom stereocenters. The van der Waals surface area contributed by atoms with Crippen molar-refractivity contribution in [1.29, 1.82) is 0 Å². The van der Waals surface area contributed by atoms with E-state index in [1.165, 1.54) is 11.1 Å². The molecule has 2 atom stereocenters. The van der Waals surface area contributed by atoms with Crippen molar-refractivity contribution >= 4 is 5.71 Å². The van der Waals surface area contributed by atoms with Crippen molar-refractivity contribution in [3.8, 4) is 0 Å². The van der Waals surface area contributed by atoms with E-state index >= 15 is 0 Å². The van der Waals surface area contributed by atoms with E-state index in [2.05, 4.69) is 41.2 Å². The molecular formula is C25H34N2O3. The molecule has 2 aromatic rings. The predicted molar refractivity (Wildman–Crippen MR) is 121 cm³/mol. The highest BCUT2D eigenvalue weighted by Crippen LogP contribution is 2.21. The highest BCUT2D eigenvalue weighted by Gasteiger charge is 2.26. The van der Waals surface area contributed by atoms with Gasteiger partial charge in [-0.1, -0.05) is 59.8 Å². The molecule has 1 aliphatic heterocycles. The summed E-state index contributed by atoms with van der Waals surface area (Å²) in [5.41, 5.74) is 4.29. The van der Waals surface area contributed by atoms with Crippen LogP contribution in [-0.4, -0.2) is 53.2 Å². The Morgan fingerprint density at radius 1 is 1.13 bits per heavy atom. The van der Waals surface area contributed by atoms with Crippen LogP contribution in [0.2, 0.25) is 0 Å². The van der Waals surface area contributed by atoms with Crippen molar-refractivity contribution in [2.24, 2.45) is 5.16 Å². The molecule has 0 spiro atoms. The van der Waals surface area contributed by atoms with Gasteiger partial charge in [0.1, 0.15) is 6.10 Å². The van der Waals surface area contributed by atoms with Gasteiger partial charge in [-0.3, -0.25) is 4.90 Å². The summed E-state index contributed by atoms with van der Waals surface area (Å²) >= 11 is 0. The molecule has 1 aliphatic rings. The molecule has 5 heteroatoms. The van der Waals surface area contributed by atoms with Gasteiger partial charge >= 0.3 is 0 Å². The Labute approximate surface area is 180 Å². The zero-order valence-corrected chi connectivity index (χ0v) is 18.5. The highest BCUT2D eigenvalue weighted by atomic mass is 16.6. The van der Waals surface area contributed by atoms with Gasteiger partial charge < -0.3 is 14.7 Å². The second-order valence-electron chi connectivity index (χ2n) is 9.04. The Hall–Kier alpha value is -2.21. The monoisotopic (exact) mass is 410 g/mol. The number of benzene rings is 2. The maximum atomic E-state index is 10.6. The molecule has 0 saturated carbocycles. The van der Waals surface area contributed by atoms with Crippen LogP contribution in [0.5, 0.6) is 0 Å². The fourth-order valence-electron chi connectivity index (χ4n) is 3.61. The molecule has 3 rings (SSSR count). The third-order valence-electron chi connectivity index (χ3n) is 5.08. The van der Waals surface area contributed by atoms with E-state index in [-0.39, 0.29) is 11.7 Å². The second-order valence-corrected chi connectivity index (χ2v) is 9.04. The van der Waals surface area contributed by atoms with Gasteiger partial charge in [-0.05, 0) is 38.8 Å². The Morgan fingerprint density at radius 3 is 2.53 bits per heavy atom. The SMILES string of the molecule is Cc1ccccc1C1=NO[C@H](CN(Cc2ccccc2)C[C@@H](O)COC(C)(C)C)C1. The van der Waals surface area contributed by atoms with E-state index < -0.39 is 6.10 Å². The summed E-state index contributed by atoms with van der Waals surface area (Å²) in [7, 11) is 0. The number of ether oxygens (including phenoxy) is 1. The lowest BCUT2D eigenvalue weighted by atomic mass is 10.00. The molecule has 162 valence electrons. The van der Waals surface area contributed by atoms with Crippen LogP contribution in [0.25, 0.3) is 0 Å². The van der Waals surface area contributed by atoms with Gasteiger partial charge in [-0.2, -0.15) is 0 Å². The number of oxime groups is 1. The van der Waals surface area contributed by atoms with Crippen LogP contribution in [0.4, 0.5) is 0 Å². The van der Waals surface area contributed by atoms with E-state index in [4.69, 9.17) is 9.57 Å². The zero-order chi connectivity index (χ0) is 21.6. The summed E-state index contributed by atoms with van der Waals surface area (Å²) in [6.45, 7) is 10.4. The van der Waals surface area contributed by atoms with E-state index in [1.807, 2.05) is 51.1 Å². The minimum absolute atomic E-state index is 0.0287. The molecule has 0 bridgehead atoms. The average molecular weight is 411 g/mol. The third-order valence-corrected chi connectivity index (χ3v) is 5.08. The standard InChI is InChI=1S/C25H34N2O3/c1-19-10-8-9-13-23(19)24-14-22(30-26-24)17-27(15-20-11-6-5-7-12-20)16-21(28)18-29-25(2,3)4/h5-13,21-22,28H,14-18H2,1-4H3/t21-,22+/m1/s1. The van der Waals surface area contributed by atoms with Crippen molar-refractivity contribution in [3.05, 3.63) is 71.3 Å². The van der Waals surface area contributed by atoms with Crippen LogP contribution in [0.15, 0.2) is 59.8 Å². The van der Waals surface area contributed by atoms with Crippen molar-refractivity contribution in [2.75, 3.05) is 19.7 Å². The first-order valence-corrected chi connectivity index (χ1v) is 10.7. The number of hydrogen-bond acceptors (Lipinski definition) is 5. The topological polar surface area (TPSA) is 54.3 Å². The number of aliphatic hydroxyl groups is 1. The van der Waals surface area contributed by atoms with Crippen LogP contribution >= 0.6 is 0 Å². The summed E-state index contributed by atoms with van der Waals surface area (Å²) in [4.78, 5) is 8.00. The van der Waals surface area contributed by atoms with Crippen LogP contribution in [-0.2, 0) is 16.1 Å².